The second-order valence-corrected chi connectivity index (χ2v) is 15.0. The highest BCUT2D eigenvalue weighted by Gasteiger charge is 2.38. The van der Waals surface area contributed by atoms with Gasteiger partial charge in [-0.25, -0.2) is 0 Å². The van der Waals surface area contributed by atoms with Gasteiger partial charge in [-0.15, -0.1) is 0 Å². The second-order valence-electron chi connectivity index (χ2n) is 15.0. The van der Waals surface area contributed by atoms with E-state index in [0.29, 0.717) is 5.92 Å². The molecule has 0 N–H and O–H groups in total. The minimum absolute atomic E-state index is 0.0177. The number of rotatable bonds is 4. The summed E-state index contributed by atoms with van der Waals surface area (Å²) >= 11 is 0. The number of fused-ring (bicyclic) bond motifs is 8. The van der Waals surface area contributed by atoms with Crippen LogP contribution in [0.3, 0.4) is 0 Å². The van der Waals surface area contributed by atoms with E-state index in [-0.39, 0.29) is 5.41 Å². The van der Waals surface area contributed by atoms with Crippen molar-refractivity contribution in [2.45, 2.75) is 32.6 Å². The fraction of sp³-hybridized carbons (Fsp3) is 0.120. The van der Waals surface area contributed by atoms with E-state index in [9.17, 15) is 0 Å². The first kappa shape index (κ1) is 29.9. The second kappa shape index (κ2) is 11.3. The Labute approximate surface area is 299 Å². The van der Waals surface area contributed by atoms with Gasteiger partial charge in [0.1, 0.15) is 0 Å². The van der Waals surface area contributed by atoms with Crippen LogP contribution in [-0.2, 0) is 5.41 Å². The number of benzene rings is 8. The summed E-state index contributed by atoms with van der Waals surface area (Å²) in [5.74, 6) is 0.530. The summed E-state index contributed by atoms with van der Waals surface area (Å²) in [7, 11) is 0. The molecule has 10 rings (SSSR count). The monoisotopic (exact) mass is 653 g/mol. The van der Waals surface area contributed by atoms with Crippen LogP contribution in [0.15, 0.2) is 169 Å². The summed E-state index contributed by atoms with van der Waals surface area (Å²) in [5, 5.41) is 10.2. The highest BCUT2D eigenvalue weighted by atomic mass is 15.1. The number of hydrogen-bond acceptors (Lipinski definition) is 1. The molecule has 1 atom stereocenters. The summed E-state index contributed by atoms with van der Waals surface area (Å²) < 4.78 is 0. The summed E-state index contributed by atoms with van der Waals surface area (Å²) in [5.41, 5.74) is 11.7. The van der Waals surface area contributed by atoms with Gasteiger partial charge in [0.2, 0.25) is 0 Å². The van der Waals surface area contributed by atoms with E-state index in [2.05, 4.69) is 189 Å². The molecule has 0 amide bonds. The van der Waals surface area contributed by atoms with Crippen molar-refractivity contribution in [1.82, 2.24) is 0 Å². The van der Waals surface area contributed by atoms with Gasteiger partial charge < -0.3 is 4.90 Å². The fourth-order valence-electron chi connectivity index (χ4n) is 9.04. The lowest BCUT2D eigenvalue weighted by Gasteiger charge is -2.30. The van der Waals surface area contributed by atoms with Crippen molar-refractivity contribution >= 4 is 65.7 Å². The van der Waals surface area contributed by atoms with Crippen molar-refractivity contribution in [2.24, 2.45) is 5.92 Å². The summed E-state index contributed by atoms with van der Waals surface area (Å²) in [4.78, 5) is 2.50. The Balaban J connectivity index is 1.25. The number of allylic oxidation sites excluding steroid dienone is 4. The highest BCUT2D eigenvalue weighted by Crippen LogP contribution is 2.53. The lowest BCUT2D eigenvalue weighted by Crippen LogP contribution is -2.17. The minimum Gasteiger partial charge on any atom is -0.310 e. The maximum Gasteiger partial charge on any atom is 0.0540 e. The van der Waals surface area contributed by atoms with Crippen LogP contribution in [0.4, 0.5) is 17.1 Å². The van der Waals surface area contributed by atoms with E-state index in [1.165, 1.54) is 87.9 Å². The van der Waals surface area contributed by atoms with Crippen LogP contribution < -0.4 is 4.90 Å². The molecular formula is C50H39N. The van der Waals surface area contributed by atoms with Gasteiger partial charge in [-0.3, -0.25) is 0 Å². The van der Waals surface area contributed by atoms with Crippen LogP contribution in [0, 0.1) is 5.92 Å². The largest absolute Gasteiger partial charge is 0.310 e. The predicted molar refractivity (Wildman–Crippen MR) is 219 cm³/mol. The van der Waals surface area contributed by atoms with Gasteiger partial charge in [-0.1, -0.05) is 154 Å². The molecule has 244 valence electrons. The van der Waals surface area contributed by atoms with Crippen molar-refractivity contribution in [2.75, 3.05) is 4.90 Å². The SMILES string of the molecule is CC1C=CC2=C(C1)c1cc(N(c3ccc4ccc5c6ccccc6ccc5c4c3)c3ccccc3-c3cccc4ccccc34)ccc1C2(C)C. The van der Waals surface area contributed by atoms with E-state index in [0.717, 1.165) is 12.1 Å². The molecule has 0 saturated carbocycles. The fourth-order valence-corrected chi connectivity index (χ4v) is 9.04. The number of nitrogens with zero attached hydrogens (tertiary/aromatic N) is 1. The normalized spacial score (nSPS) is 16.3. The first-order chi connectivity index (χ1) is 25.0. The molecule has 0 aliphatic heterocycles. The maximum atomic E-state index is 2.50. The van der Waals surface area contributed by atoms with Crippen LogP contribution in [0.1, 0.15) is 38.3 Å². The molecule has 0 bridgehead atoms. The third-order valence-electron chi connectivity index (χ3n) is 11.6. The van der Waals surface area contributed by atoms with Crippen molar-refractivity contribution < 1.29 is 0 Å². The van der Waals surface area contributed by atoms with Gasteiger partial charge in [0, 0.05) is 22.4 Å². The molecule has 1 heteroatoms. The Bertz CT molecular complexity index is 2770. The molecule has 8 aromatic rings. The van der Waals surface area contributed by atoms with Gasteiger partial charge in [0.05, 0.1) is 5.69 Å². The molecule has 0 fully saturated rings. The standard InChI is InChI=1S/C50H39N/c1-32-19-27-47-45(29-32)46-31-37(24-28-48(46)50(47,2)3)51(49-18-9-8-16-43(49)40-17-10-13-33-11-4-6-14-38(33)40)36-23-20-35-22-25-41-39-15-7-5-12-34(39)21-26-42(41)44(35)30-36/h4-28,30-32H,29H2,1-3H3. The molecule has 1 unspecified atom stereocenters. The zero-order valence-electron chi connectivity index (χ0n) is 29.3. The third-order valence-corrected chi connectivity index (χ3v) is 11.6. The summed E-state index contributed by atoms with van der Waals surface area (Å²) in [6.07, 6.45) is 5.87. The Morgan fingerprint density at radius 2 is 1.12 bits per heavy atom. The Hall–Kier alpha value is -5.92. The quantitative estimate of drug-likeness (QED) is 0.171. The maximum absolute atomic E-state index is 2.50. The molecule has 8 aromatic carbocycles. The zero-order chi connectivity index (χ0) is 34.3. The van der Waals surface area contributed by atoms with Gasteiger partial charge in [-0.05, 0) is 114 Å². The number of anilines is 3. The first-order valence-corrected chi connectivity index (χ1v) is 18.2. The zero-order valence-corrected chi connectivity index (χ0v) is 29.3. The van der Waals surface area contributed by atoms with Gasteiger partial charge in [-0.2, -0.15) is 0 Å². The topological polar surface area (TPSA) is 3.24 Å². The van der Waals surface area contributed by atoms with E-state index in [1.807, 2.05) is 0 Å². The Morgan fingerprint density at radius 3 is 1.96 bits per heavy atom. The van der Waals surface area contributed by atoms with Crippen LogP contribution in [0.2, 0.25) is 0 Å². The molecule has 0 aromatic heterocycles. The number of hydrogen-bond donors (Lipinski definition) is 0. The molecule has 51 heavy (non-hydrogen) atoms. The lowest BCUT2D eigenvalue weighted by molar-refractivity contribution is 0.643. The van der Waals surface area contributed by atoms with Crippen molar-refractivity contribution in [1.29, 1.82) is 0 Å². The predicted octanol–water partition coefficient (Wildman–Crippen LogP) is 14.1. The third kappa shape index (κ3) is 4.61. The molecular weight excluding hydrogens is 615 g/mol. The molecule has 0 spiro atoms. The van der Waals surface area contributed by atoms with Gasteiger partial charge in [0.15, 0.2) is 0 Å². The van der Waals surface area contributed by atoms with Crippen molar-refractivity contribution in [3.8, 4) is 11.1 Å². The van der Waals surface area contributed by atoms with Crippen LogP contribution in [-0.4, -0.2) is 0 Å². The van der Waals surface area contributed by atoms with E-state index < -0.39 is 0 Å². The van der Waals surface area contributed by atoms with Crippen LogP contribution in [0.25, 0.3) is 59.8 Å². The van der Waals surface area contributed by atoms with Gasteiger partial charge in [0.25, 0.3) is 0 Å². The van der Waals surface area contributed by atoms with Crippen molar-refractivity contribution in [3.05, 3.63) is 181 Å². The molecule has 2 aliphatic carbocycles. The lowest BCUT2D eigenvalue weighted by atomic mass is 9.79. The van der Waals surface area contributed by atoms with E-state index in [1.54, 1.807) is 0 Å². The molecule has 2 aliphatic rings. The van der Waals surface area contributed by atoms with E-state index in [4.69, 9.17) is 0 Å². The highest BCUT2D eigenvalue weighted by molar-refractivity contribution is 6.18. The Morgan fingerprint density at radius 1 is 0.510 bits per heavy atom. The minimum atomic E-state index is -0.0177. The summed E-state index contributed by atoms with van der Waals surface area (Å²) in [6, 6.07) is 56.5. The molecule has 0 saturated heterocycles. The summed E-state index contributed by atoms with van der Waals surface area (Å²) in [6.45, 7) is 7.12. The molecule has 0 radical (unpaired) electrons. The first-order valence-electron chi connectivity index (χ1n) is 18.2. The van der Waals surface area contributed by atoms with Crippen LogP contribution in [0.5, 0.6) is 0 Å². The van der Waals surface area contributed by atoms with Gasteiger partial charge >= 0.3 is 0 Å². The van der Waals surface area contributed by atoms with Crippen LogP contribution >= 0.6 is 0 Å². The average molecular weight is 654 g/mol. The molecule has 0 heterocycles. The Kier molecular flexibility index (Phi) is 6.64. The smallest absolute Gasteiger partial charge is 0.0540 e. The van der Waals surface area contributed by atoms with Crippen molar-refractivity contribution in [3.63, 3.8) is 0 Å². The average Bonchev–Trinajstić information content (AvgIpc) is 3.39. The van der Waals surface area contributed by atoms with E-state index >= 15 is 0 Å². The molecule has 1 nitrogen and oxygen atoms in total. The number of para-hydroxylation sites is 1.